The molecule has 0 amide bonds. The van der Waals surface area contributed by atoms with Gasteiger partial charge in [-0.25, -0.2) is 40.8 Å². The van der Waals surface area contributed by atoms with Crippen LogP contribution in [-0.2, 0) is 123 Å². The SMILES string of the molecule is C[N+](C)(C)CCCCc1nn2c3c(ccc2c1N)CCC3.C[N+]1(CCCc2nn3c4c(ccc3c2N)CCC4)CCCC1.C[N+]1(CCCc2nn3c4c(ccc3c2N)CCC4)CCCCC1.C[n+]1ccn(CCCCc2nn3c4c(ccc3c2N)CCC4)c1.C[n+]1ccn(CCCc2nn3c4c(ccc3c2N)CCC4)c1.[CH3-].[CH3-].[CH3-].[CH3-].[CH3-]. The van der Waals surface area contributed by atoms with E-state index in [-0.39, 0.29) is 37.1 Å². The van der Waals surface area contributed by atoms with E-state index in [1.54, 1.807) is 0 Å². The Labute approximate surface area is 694 Å². The predicted molar refractivity (Wildman–Crippen MR) is 480 cm³/mol. The first-order valence-corrected chi connectivity index (χ1v) is 42.6. The number of unbranched alkanes of at least 4 members (excludes halogenated alkanes) is 2. The third-order valence-electron chi connectivity index (χ3n) is 25.6. The fourth-order valence-electron chi connectivity index (χ4n) is 19.2. The Morgan fingerprint density at radius 2 is 0.603 bits per heavy atom. The smallest absolute Gasteiger partial charge is 0.243 e. The molecule has 22 heteroatoms. The molecule has 2 fully saturated rings. The zero-order valence-electron chi connectivity index (χ0n) is 73.2. The highest BCUT2D eigenvalue weighted by Crippen LogP contribution is 2.34. The summed E-state index contributed by atoms with van der Waals surface area (Å²) in [5.41, 5.74) is 61.1. The van der Waals surface area contributed by atoms with Gasteiger partial charge in [0.2, 0.25) is 12.7 Å². The molecule has 0 bridgehead atoms. The van der Waals surface area contributed by atoms with E-state index in [9.17, 15) is 0 Å². The van der Waals surface area contributed by atoms with Gasteiger partial charge >= 0.3 is 0 Å². The number of hydrogen-bond donors (Lipinski definition) is 5. The van der Waals surface area contributed by atoms with E-state index in [2.05, 4.69) is 174 Å². The first-order valence-electron chi connectivity index (χ1n) is 42.6. The molecule has 12 aromatic rings. The molecular formula is C94H144N22. The number of nitrogen functional groups attached to an aromatic ring is 5. The molecule has 0 atom stereocenters. The Morgan fingerprint density at radius 1 is 0.336 bits per heavy atom. The van der Waals surface area contributed by atoms with Crippen LogP contribution in [0.3, 0.4) is 0 Å². The van der Waals surface area contributed by atoms with Gasteiger partial charge in [-0.1, -0.05) is 30.3 Å². The van der Waals surface area contributed by atoms with E-state index in [0.29, 0.717) is 0 Å². The summed E-state index contributed by atoms with van der Waals surface area (Å²) in [6.45, 7) is 11.1. The molecule has 630 valence electrons. The molecule has 116 heavy (non-hydrogen) atoms. The Hall–Kier alpha value is -9.25. The molecule has 0 radical (unpaired) electrons. The van der Waals surface area contributed by atoms with Gasteiger partial charge in [-0.05, 0) is 238 Å². The standard InChI is InChI=1S/C19H29N4.C18H24N5.C18H27N4.C17H22N5.C17H27N4.5CH3/c1-23(12-3-2-4-13-23)14-6-8-16-19(20)18-11-10-15-7-5-9-17(15)22(18)21-16;1-21-11-12-22(13-21)10-3-2-6-15-18(19)17-9-8-14-5-4-7-16(14)23(17)20-15;1-22(11-2-3-12-22)13-5-7-15-18(19)17-10-9-14-6-4-8-16(14)21(17)20-15;1-20-10-11-21(12-20)9-3-5-14-17(18)16-8-7-13-4-2-6-15(13)22(16)19-14;1-21(2,3)12-5-4-8-14-17(18)16-11-10-13-7-6-9-15(13)20(16)19-14;;;;;/h10-11H,2-9,12-14,20H2,1H3;8-9,11-13H,2-7,10,19H2,1H3;9-10H,2-8,11-13,19H2,1H3;7-8,10-12H,2-6,9,18H2,1H3;10-11H,4-9,12,18H2,1-3H3;5*1H3/q5*+1;5*-1. The molecule has 5 aliphatic carbocycles. The Kier molecular flexibility index (Phi) is 29.9. The summed E-state index contributed by atoms with van der Waals surface area (Å²) in [7, 11) is 15.6. The lowest BCUT2D eigenvalue weighted by atomic mass is 10.1. The number of nitrogens with zero attached hydrogens (tertiary/aromatic N) is 17. The molecule has 14 heterocycles. The topological polar surface area (TPSA) is 234 Å². The quantitative estimate of drug-likeness (QED) is 0.0186. The molecule has 2 aliphatic heterocycles. The van der Waals surface area contributed by atoms with Crippen molar-refractivity contribution in [1.82, 2.24) is 57.2 Å². The van der Waals surface area contributed by atoms with Gasteiger partial charge in [0, 0.05) is 54.2 Å². The van der Waals surface area contributed by atoms with Gasteiger partial charge in [-0.3, -0.25) is 0 Å². The molecule has 0 spiro atoms. The monoisotopic (exact) mass is 1580 g/mol. The van der Waals surface area contributed by atoms with Gasteiger partial charge in [0.15, 0.2) is 0 Å². The lowest BCUT2D eigenvalue weighted by molar-refractivity contribution is -0.914. The Balaban J connectivity index is 0.000000151. The molecule has 0 saturated carbocycles. The van der Waals surface area contributed by atoms with E-state index in [4.69, 9.17) is 54.2 Å². The lowest BCUT2D eigenvalue weighted by Crippen LogP contribution is -2.48. The van der Waals surface area contributed by atoms with Crippen LogP contribution in [0.5, 0.6) is 0 Å². The number of imidazole rings is 2. The van der Waals surface area contributed by atoms with Crippen molar-refractivity contribution in [1.29, 1.82) is 0 Å². The second-order valence-corrected chi connectivity index (χ2v) is 35.3. The van der Waals surface area contributed by atoms with Gasteiger partial charge in [-0.2, -0.15) is 25.5 Å². The van der Waals surface area contributed by atoms with Crippen LogP contribution in [0.15, 0.2) is 98.1 Å². The third-order valence-corrected chi connectivity index (χ3v) is 25.6. The Morgan fingerprint density at radius 3 is 0.888 bits per heavy atom. The molecule has 0 unspecified atom stereocenters. The van der Waals surface area contributed by atoms with Crippen molar-refractivity contribution in [2.24, 2.45) is 14.1 Å². The molecule has 12 aromatic heterocycles. The van der Waals surface area contributed by atoms with Gasteiger partial charge in [0.25, 0.3) is 0 Å². The third kappa shape index (κ3) is 19.9. The highest BCUT2D eigenvalue weighted by Gasteiger charge is 2.30. The van der Waals surface area contributed by atoms with Crippen LogP contribution in [-0.4, -0.2) is 152 Å². The number of nitrogens with two attached hydrogens (primary N) is 5. The number of aryl methyl sites for hydroxylation is 19. The second-order valence-electron chi connectivity index (χ2n) is 35.3. The summed E-state index contributed by atoms with van der Waals surface area (Å²) >= 11 is 0. The molecule has 0 aromatic carbocycles. The van der Waals surface area contributed by atoms with Gasteiger partial charge in [0.1, 0.15) is 24.8 Å². The largest absolute Gasteiger partial charge is 0.395 e. The van der Waals surface area contributed by atoms with Gasteiger partial charge in [-0.15, -0.1) is 0 Å². The van der Waals surface area contributed by atoms with Crippen molar-refractivity contribution in [2.45, 2.75) is 219 Å². The number of likely N-dealkylation sites (tertiary alicyclic amines) is 2. The molecule has 2 saturated heterocycles. The number of quaternary nitrogens is 3. The van der Waals surface area contributed by atoms with Crippen LogP contribution in [0, 0.1) is 37.1 Å². The van der Waals surface area contributed by atoms with Crippen LogP contribution in [0.1, 0.15) is 194 Å². The molecule has 22 nitrogen and oxygen atoms in total. The zero-order valence-corrected chi connectivity index (χ0v) is 73.2. The summed E-state index contributed by atoms with van der Waals surface area (Å²) in [6.07, 6.45) is 50.2. The fourth-order valence-corrected chi connectivity index (χ4v) is 19.2. The minimum absolute atomic E-state index is 0. The summed E-state index contributed by atoms with van der Waals surface area (Å²) in [6, 6.07) is 21.9. The van der Waals surface area contributed by atoms with Crippen molar-refractivity contribution in [3.63, 3.8) is 0 Å². The number of rotatable bonds is 22. The van der Waals surface area contributed by atoms with Crippen LogP contribution < -0.4 is 37.8 Å². The van der Waals surface area contributed by atoms with Crippen molar-refractivity contribution in [2.75, 3.05) is 110 Å². The highest BCUT2D eigenvalue weighted by molar-refractivity contribution is 5.76. The van der Waals surface area contributed by atoms with E-state index in [1.807, 2.05) is 14.1 Å². The van der Waals surface area contributed by atoms with E-state index in [0.717, 1.165) is 192 Å². The van der Waals surface area contributed by atoms with Crippen molar-refractivity contribution in [3.05, 3.63) is 220 Å². The highest BCUT2D eigenvalue weighted by atomic mass is 15.3. The number of anilines is 5. The van der Waals surface area contributed by atoms with Crippen molar-refractivity contribution < 1.29 is 22.6 Å². The number of pyridine rings is 5. The number of aromatic nitrogens is 14. The maximum atomic E-state index is 6.40. The van der Waals surface area contributed by atoms with E-state index >= 15 is 0 Å². The van der Waals surface area contributed by atoms with Gasteiger partial charge in [0.05, 0.1) is 193 Å². The van der Waals surface area contributed by atoms with Crippen LogP contribution in [0.2, 0.25) is 0 Å². The maximum absolute atomic E-state index is 6.40. The molecule has 7 aliphatic rings. The summed E-state index contributed by atoms with van der Waals surface area (Å²) < 4.78 is 22.6. The van der Waals surface area contributed by atoms with E-state index in [1.165, 1.54) is 227 Å². The minimum Gasteiger partial charge on any atom is -0.395 e. The van der Waals surface area contributed by atoms with Crippen molar-refractivity contribution in [3.8, 4) is 0 Å². The maximum Gasteiger partial charge on any atom is 0.243 e. The normalized spacial score (nSPS) is 15.8. The predicted octanol–water partition coefficient (Wildman–Crippen LogP) is 14.0. The van der Waals surface area contributed by atoms with Crippen LogP contribution in [0.4, 0.5) is 28.4 Å². The number of hydrogen-bond acceptors (Lipinski definition) is 10. The first kappa shape index (κ1) is 89.1. The van der Waals surface area contributed by atoms with Crippen LogP contribution in [0.25, 0.3) is 27.6 Å². The summed E-state index contributed by atoms with van der Waals surface area (Å²) in [4.78, 5) is 0. The Bertz CT molecular complexity index is 5220. The molecular weight excluding hydrogens is 1440 g/mol. The van der Waals surface area contributed by atoms with Gasteiger partial charge < -0.3 is 79.3 Å². The van der Waals surface area contributed by atoms with E-state index < -0.39 is 0 Å². The van der Waals surface area contributed by atoms with Crippen molar-refractivity contribution >= 4 is 56.0 Å². The number of piperidine rings is 1. The minimum atomic E-state index is 0. The fraction of sp³-hybridized carbons (Fsp3) is 0.511. The lowest BCUT2D eigenvalue weighted by Gasteiger charge is -2.37. The zero-order chi connectivity index (χ0) is 77.0. The summed E-state index contributed by atoms with van der Waals surface area (Å²) in [5.74, 6) is 0. The second kappa shape index (κ2) is 38.9. The molecule has 19 rings (SSSR count). The first-order chi connectivity index (χ1) is 53.7. The average molecular weight is 1580 g/mol. The number of fused-ring (bicyclic) bond motifs is 15. The van der Waals surface area contributed by atoms with Crippen LogP contribution >= 0.6 is 0 Å². The average Bonchev–Trinajstić information content (AvgIpc) is 1.65. The summed E-state index contributed by atoms with van der Waals surface area (Å²) in [5, 5.41) is 24.1. The molecule has 10 N–H and O–H groups in total.